The summed E-state index contributed by atoms with van der Waals surface area (Å²) in [5.74, 6) is -2.16. The lowest BCUT2D eigenvalue weighted by atomic mass is 10.1. The molecule has 7 heteroatoms. The number of benzene rings is 2. The summed E-state index contributed by atoms with van der Waals surface area (Å²) in [5, 5.41) is 0. The maximum atomic E-state index is 13.2. The molecular weight excluding hydrogens is 396 g/mol. The number of nitrogens with zero attached hydrogens (tertiary/aromatic N) is 2. The molecule has 160 valence electrons. The van der Waals surface area contributed by atoms with E-state index in [1.54, 1.807) is 53.4 Å². The number of esters is 1. The molecular formula is C24H24N2O5. The second-order valence-corrected chi connectivity index (χ2v) is 7.82. The first-order chi connectivity index (χ1) is 15.0. The number of fused-ring (bicyclic) bond motifs is 1. The van der Waals surface area contributed by atoms with Gasteiger partial charge in [0, 0.05) is 18.7 Å². The van der Waals surface area contributed by atoms with E-state index in [0.717, 1.165) is 24.2 Å². The quantitative estimate of drug-likeness (QED) is 0.549. The van der Waals surface area contributed by atoms with Crippen LogP contribution in [0.1, 0.15) is 58.6 Å². The maximum Gasteiger partial charge on any atom is 0.330 e. The SMILES string of the molecule is C[C@H](C(=O)O[C@H](C(=O)N1CCCCC1)c1ccccc1)N1C(=O)c2ccccc2C1=O. The van der Waals surface area contributed by atoms with Gasteiger partial charge in [0.2, 0.25) is 6.10 Å². The van der Waals surface area contributed by atoms with E-state index in [1.165, 1.54) is 6.92 Å². The number of hydrogen-bond donors (Lipinski definition) is 0. The molecule has 0 bridgehead atoms. The van der Waals surface area contributed by atoms with Gasteiger partial charge in [-0.25, -0.2) is 4.79 Å². The van der Waals surface area contributed by atoms with Gasteiger partial charge in [0.15, 0.2) is 0 Å². The molecule has 7 nitrogen and oxygen atoms in total. The van der Waals surface area contributed by atoms with Crippen molar-refractivity contribution in [3.8, 4) is 0 Å². The van der Waals surface area contributed by atoms with Crippen molar-refractivity contribution in [3.05, 3.63) is 71.3 Å². The molecule has 2 aromatic rings. The smallest absolute Gasteiger partial charge is 0.330 e. The first-order valence-corrected chi connectivity index (χ1v) is 10.5. The molecule has 2 aliphatic heterocycles. The van der Waals surface area contributed by atoms with Gasteiger partial charge >= 0.3 is 5.97 Å². The molecule has 2 aliphatic rings. The van der Waals surface area contributed by atoms with E-state index in [0.29, 0.717) is 18.7 Å². The van der Waals surface area contributed by atoms with Crippen LogP contribution in [0.5, 0.6) is 0 Å². The zero-order valence-electron chi connectivity index (χ0n) is 17.3. The van der Waals surface area contributed by atoms with Crippen LogP contribution in [-0.2, 0) is 14.3 Å². The first-order valence-electron chi connectivity index (χ1n) is 10.5. The van der Waals surface area contributed by atoms with Crippen LogP contribution >= 0.6 is 0 Å². The molecule has 2 heterocycles. The molecule has 4 rings (SSSR count). The van der Waals surface area contributed by atoms with Gasteiger partial charge in [0.1, 0.15) is 6.04 Å². The van der Waals surface area contributed by atoms with E-state index in [4.69, 9.17) is 4.74 Å². The van der Waals surface area contributed by atoms with Crippen molar-refractivity contribution in [2.45, 2.75) is 38.3 Å². The van der Waals surface area contributed by atoms with Gasteiger partial charge < -0.3 is 9.64 Å². The Labute approximate surface area is 180 Å². The van der Waals surface area contributed by atoms with Crippen LogP contribution in [0.4, 0.5) is 0 Å². The van der Waals surface area contributed by atoms with Crippen molar-refractivity contribution in [2.75, 3.05) is 13.1 Å². The maximum absolute atomic E-state index is 13.2. The minimum atomic E-state index is -1.16. The van der Waals surface area contributed by atoms with Gasteiger partial charge in [-0.2, -0.15) is 0 Å². The topological polar surface area (TPSA) is 84.0 Å². The number of ether oxygens (including phenoxy) is 1. The second-order valence-electron chi connectivity index (χ2n) is 7.82. The van der Waals surface area contributed by atoms with E-state index in [-0.39, 0.29) is 17.0 Å². The molecule has 0 saturated carbocycles. The number of carbonyl (C=O) groups is 4. The first kappa shape index (κ1) is 20.8. The third-order valence-electron chi connectivity index (χ3n) is 5.78. The molecule has 0 spiro atoms. The van der Waals surface area contributed by atoms with Gasteiger partial charge in [-0.3, -0.25) is 19.3 Å². The average Bonchev–Trinajstić information content (AvgIpc) is 3.07. The Kier molecular flexibility index (Phi) is 5.84. The fraction of sp³-hybridized carbons (Fsp3) is 0.333. The van der Waals surface area contributed by atoms with E-state index in [9.17, 15) is 19.2 Å². The number of carbonyl (C=O) groups excluding carboxylic acids is 4. The molecule has 3 amide bonds. The number of imide groups is 1. The summed E-state index contributed by atoms with van der Waals surface area (Å²) in [6.07, 6.45) is 1.76. The third kappa shape index (κ3) is 3.95. The van der Waals surface area contributed by atoms with E-state index >= 15 is 0 Å². The highest BCUT2D eigenvalue weighted by Gasteiger charge is 2.42. The zero-order valence-corrected chi connectivity index (χ0v) is 17.3. The highest BCUT2D eigenvalue weighted by Crippen LogP contribution is 2.27. The van der Waals surface area contributed by atoms with Crippen molar-refractivity contribution < 1.29 is 23.9 Å². The molecule has 1 saturated heterocycles. The molecule has 0 aliphatic carbocycles. The second kappa shape index (κ2) is 8.71. The Hall–Kier alpha value is -3.48. The Balaban J connectivity index is 1.55. The minimum absolute atomic E-state index is 0.260. The van der Waals surface area contributed by atoms with Gasteiger partial charge in [-0.1, -0.05) is 42.5 Å². The summed E-state index contributed by atoms with van der Waals surface area (Å²) in [6, 6.07) is 14.1. The normalized spacial score (nSPS) is 17.8. The number of likely N-dealkylation sites (tertiary alicyclic amines) is 1. The molecule has 2 atom stereocenters. The zero-order chi connectivity index (χ0) is 22.0. The molecule has 1 fully saturated rings. The summed E-state index contributed by atoms with van der Waals surface area (Å²) in [6.45, 7) is 2.68. The fourth-order valence-corrected chi connectivity index (χ4v) is 4.05. The molecule has 0 aromatic heterocycles. The van der Waals surface area contributed by atoms with Crippen LogP contribution in [0.15, 0.2) is 54.6 Å². The number of hydrogen-bond acceptors (Lipinski definition) is 5. The molecule has 0 radical (unpaired) electrons. The highest BCUT2D eigenvalue weighted by atomic mass is 16.6. The Morgan fingerprint density at radius 2 is 1.39 bits per heavy atom. The monoisotopic (exact) mass is 420 g/mol. The van der Waals surface area contributed by atoms with Crippen LogP contribution in [0, 0.1) is 0 Å². The van der Waals surface area contributed by atoms with Crippen LogP contribution in [0.2, 0.25) is 0 Å². The molecule has 31 heavy (non-hydrogen) atoms. The van der Waals surface area contributed by atoms with Crippen molar-refractivity contribution in [1.82, 2.24) is 9.80 Å². The predicted octanol–water partition coefficient (Wildman–Crippen LogP) is 2.97. The van der Waals surface area contributed by atoms with E-state index < -0.39 is 29.9 Å². The summed E-state index contributed by atoms with van der Waals surface area (Å²) < 4.78 is 5.65. The average molecular weight is 420 g/mol. The lowest BCUT2D eigenvalue weighted by Gasteiger charge is -2.31. The molecule has 0 N–H and O–H groups in total. The minimum Gasteiger partial charge on any atom is -0.446 e. The highest BCUT2D eigenvalue weighted by molar-refractivity contribution is 6.22. The van der Waals surface area contributed by atoms with E-state index in [1.807, 2.05) is 6.07 Å². The van der Waals surface area contributed by atoms with Gasteiger partial charge in [0.05, 0.1) is 11.1 Å². The molecule has 0 unspecified atom stereocenters. The molecule has 2 aromatic carbocycles. The van der Waals surface area contributed by atoms with Crippen LogP contribution in [0.25, 0.3) is 0 Å². The van der Waals surface area contributed by atoms with Crippen LogP contribution in [-0.4, -0.2) is 52.6 Å². The standard InChI is InChI=1S/C24H24N2O5/c1-16(26-21(27)18-12-6-7-13-19(18)22(26)28)24(30)31-20(17-10-4-2-5-11-17)23(29)25-14-8-3-9-15-25/h2,4-7,10-13,16,20H,3,8-9,14-15H2,1H3/t16-,20+/m1/s1. The summed E-state index contributed by atoms with van der Waals surface area (Å²) in [5.41, 5.74) is 1.08. The predicted molar refractivity (Wildman–Crippen MR) is 112 cm³/mol. The van der Waals surface area contributed by atoms with Crippen molar-refractivity contribution in [3.63, 3.8) is 0 Å². The van der Waals surface area contributed by atoms with Crippen LogP contribution in [0.3, 0.4) is 0 Å². The number of piperidine rings is 1. The lowest BCUT2D eigenvalue weighted by molar-refractivity contribution is -0.164. The fourth-order valence-electron chi connectivity index (χ4n) is 4.05. The number of rotatable bonds is 5. The van der Waals surface area contributed by atoms with Crippen LogP contribution < -0.4 is 0 Å². The third-order valence-corrected chi connectivity index (χ3v) is 5.78. The largest absolute Gasteiger partial charge is 0.446 e. The lowest BCUT2D eigenvalue weighted by Crippen LogP contribution is -2.46. The van der Waals surface area contributed by atoms with Gasteiger partial charge in [-0.05, 0) is 38.3 Å². The summed E-state index contributed by atoms with van der Waals surface area (Å²) in [4.78, 5) is 54.2. The van der Waals surface area contributed by atoms with Gasteiger partial charge in [0.25, 0.3) is 17.7 Å². The van der Waals surface area contributed by atoms with Crippen molar-refractivity contribution in [2.24, 2.45) is 0 Å². The van der Waals surface area contributed by atoms with Gasteiger partial charge in [-0.15, -0.1) is 0 Å². The van der Waals surface area contributed by atoms with Crippen molar-refractivity contribution in [1.29, 1.82) is 0 Å². The Morgan fingerprint density at radius 1 is 0.839 bits per heavy atom. The summed E-state index contributed by atoms with van der Waals surface area (Å²) in [7, 11) is 0. The van der Waals surface area contributed by atoms with Crippen molar-refractivity contribution >= 4 is 23.7 Å². The summed E-state index contributed by atoms with van der Waals surface area (Å²) >= 11 is 0. The Morgan fingerprint density at radius 3 is 1.97 bits per heavy atom. The Bertz CT molecular complexity index is 979. The number of amides is 3. The van der Waals surface area contributed by atoms with E-state index in [2.05, 4.69) is 0 Å².